The molecule has 1 aliphatic rings. The maximum absolute atomic E-state index is 12.8. The normalized spacial score (nSPS) is 21.0. The molecule has 26 heavy (non-hydrogen) atoms. The summed E-state index contributed by atoms with van der Waals surface area (Å²) >= 11 is 0. The number of sulfonamides is 1. The first-order valence-corrected chi connectivity index (χ1v) is 10.4. The van der Waals surface area contributed by atoms with Gasteiger partial charge in [-0.15, -0.1) is 12.4 Å². The largest absolute Gasteiger partial charge is 0.351 e. The summed E-state index contributed by atoms with van der Waals surface area (Å²) < 4.78 is 27.2. The van der Waals surface area contributed by atoms with Crippen LogP contribution < -0.4 is 10.6 Å². The number of benzene rings is 1. The molecule has 0 aromatic heterocycles. The highest BCUT2D eigenvalue weighted by Gasteiger charge is 2.31. The second kappa shape index (κ2) is 10.3. The second-order valence-corrected chi connectivity index (χ2v) is 8.84. The molecular formula is C18H30ClN3O3S. The Morgan fingerprint density at radius 2 is 1.69 bits per heavy atom. The van der Waals surface area contributed by atoms with Gasteiger partial charge in [0.05, 0.1) is 4.90 Å². The van der Waals surface area contributed by atoms with E-state index in [9.17, 15) is 13.2 Å². The van der Waals surface area contributed by atoms with E-state index in [2.05, 4.69) is 24.5 Å². The quantitative estimate of drug-likeness (QED) is 0.683. The topological polar surface area (TPSA) is 78.5 Å². The molecule has 148 valence electrons. The third-order valence-electron chi connectivity index (χ3n) is 4.43. The van der Waals surface area contributed by atoms with Gasteiger partial charge in [-0.05, 0) is 49.1 Å². The van der Waals surface area contributed by atoms with E-state index in [1.807, 2.05) is 6.92 Å². The van der Waals surface area contributed by atoms with E-state index < -0.39 is 10.0 Å². The highest BCUT2D eigenvalue weighted by atomic mass is 35.5. The minimum atomic E-state index is -3.50. The molecule has 0 saturated carbocycles. The predicted octanol–water partition coefficient (Wildman–Crippen LogP) is 2.11. The summed E-state index contributed by atoms with van der Waals surface area (Å²) in [5, 5.41) is 5.93. The Morgan fingerprint density at radius 3 is 2.23 bits per heavy atom. The lowest BCUT2D eigenvalue weighted by Crippen LogP contribution is -2.42. The molecule has 2 unspecified atom stereocenters. The van der Waals surface area contributed by atoms with Crippen molar-refractivity contribution in [2.75, 3.05) is 32.7 Å². The lowest BCUT2D eigenvalue weighted by atomic mass is 9.94. The van der Waals surface area contributed by atoms with Crippen LogP contribution in [0.5, 0.6) is 0 Å². The van der Waals surface area contributed by atoms with Gasteiger partial charge in [-0.25, -0.2) is 8.42 Å². The highest BCUT2D eigenvalue weighted by molar-refractivity contribution is 7.89. The first-order valence-electron chi connectivity index (χ1n) is 8.93. The summed E-state index contributed by atoms with van der Waals surface area (Å²) in [5.41, 5.74) is 0.468. The Labute approximate surface area is 163 Å². The molecule has 0 spiro atoms. The zero-order valence-corrected chi connectivity index (χ0v) is 17.3. The smallest absolute Gasteiger partial charge is 0.251 e. The van der Waals surface area contributed by atoms with Crippen LogP contribution >= 0.6 is 12.4 Å². The maximum Gasteiger partial charge on any atom is 0.251 e. The van der Waals surface area contributed by atoms with Gasteiger partial charge in [0.1, 0.15) is 0 Å². The Bertz CT molecular complexity index is 669. The summed E-state index contributed by atoms with van der Waals surface area (Å²) in [5.74, 6) is 0.530. The summed E-state index contributed by atoms with van der Waals surface area (Å²) in [6.07, 6.45) is 1.05. The maximum atomic E-state index is 12.8. The van der Waals surface area contributed by atoms with Crippen molar-refractivity contribution in [1.82, 2.24) is 14.9 Å². The third kappa shape index (κ3) is 5.94. The fourth-order valence-corrected chi connectivity index (χ4v) is 4.95. The van der Waals surface area contributed by atoms with E-state index in [0.717, 1.165) is 13.0 Å². The van der Waals surface area contributed by atoms with Crippen LogP contribution in [0.3, 0.4) is 0 Å². The van der Waals surface area contributed by atoms with Crippen LogP contribution in [0.25, 0.3) is 0 Å². The van der Waals surface area contributed by atoms with E-state index in [4.69, 9.17) is 0 Å². The number of halogens is 1. The molecule has 8 heteroatoms. The summed E-state index contributed by atoms with van der Waals surface area (Å²) in [4.78, 5) is 12.3. The van der Waals surface area contributed by atoms with Crippen LogP contribution in [0.15, 0.2) is 29.2 Å². The molecule has 1 heterocycles. The fourth-order valence-electron chi connectivity index (χ4n) is 3.27. The Balaban J connectivity index is 0.00000338. The number of carbonyl (C=O) groups excluding carboxylic acids is 1. The number of nitrogens with one attached hydrogen (secondary N) is 2. The minimum Gasteiger partial charge on any atom is -0.351 e. The van der Waals surface area contributed by atoms with Crippen molar-refractivity contribution >= 4 is 28.3 Å². The highest BCUT2D eigenvalue weighted by Crippen LogP contribution is 2.26. The predicted molar refractivity (Wildman–Crippen MR) is 106 cm³/mol. The summed E-state index contributed by atoms with van der Waals surface area (Å²) in [6, 6.07) is 6.20. The third-order valence-corrected chi connectivity index (χ3v) is 6.27. The average molecular weight is 404 g/mol. The molecule has 1 fully saturated rings. The molecule has 2 N–H and O–H groups in total. The number of likely N-dealkylation sites (N-methyl/N-ethyl adjacent to an activating group) is 1. The van der Waals surface area contributed by atoms with Crippen molar-refractivity contribution in [3.63, 3.8) is 0 Å². The molecular weight excluding hydrogens is 374 g/mol. The van der Waals surface area contributed by atoms with Gasteiger partial charge in [0.15, 0.2) is 0 Å². The molecule has 1 aliphatic heterocycles. The van der Waals surface area contributed by atoms with Gasteiger partial charge in [0.2, 0.25) is 10.0 Å². The molecule has 0 aliphatic carbocycles. The lowest BCUT2D eigenvalue weighted by molar-refractivity contribution is 0.0954. The summed E-state index contributed by atoms with van der Waals surface area (Å²) in [6.45, 7) is 9.38. The lowest BCUT2D eigenvalue weighted by Gasteiger charge is -2.34. The Hall–Kier alpha value is -1.15. The van der Waals surface area contributed by atoms with Crippen molar-refractivity contribution in [1.29, 1.82) is 0 Å². The van der Waals surface area contributed by atoms with E-state index >= 15 is 0 Å². The molecule has 1 aromatic carbocycles. The molecule has 2 atom stereocenters. The SMILES string of the molecule is CCNCCNC(=O)c1ccc(S(=O)(=O)N2CC(C)CC(C)C2)cc1.Cl. The van der Waals surface area contributed by atoms with Gasteiger partial charge in [-0.3, -0.25) is 4.79 Å². The van der Waals surface area contributed by atoms with Crippen molar-refractivity contribution in [3.8, 4) is 0 Å². The fraction of sp³-hybridized carbons (Fsp3) is 0.611. The zero-order chi connectivity index (χ0) is 18.4. The van der Waals surface area contributed by atoms with Crippen LogP contribution in [-0.4, -0.2) is 51.4 Å². The van der Waals surface area contributed by atoms with E-state index in [1.54, 1.807) is 16.4 Å². The van der Waals surface area contributed by atoms with Crippen molar-refractivity contribution < 1.29 is 13.2 Å². The van der Waals surface area contributed by atoms with E-state index in [1.165, 1.54) is 12.1 Å². The molecule has 1 saturated heterocycles. The number of amides is 1. The Kier molecular flexibility index (Phi) is 9.03. The number of hydrogen-bond donors (Lipinski definition) is 2. The minimum absolute atomic E-state index is 0. The molecule has 1 amide bonds. The number of nitrogens with zero attached hydrogens (tertiary/aromatic N) is 1. The number of piperidine rings is 1. The van der Waals surface area contributed by atoms with Crippen molar-refractivity contribution in [3.05, 3.63) is 29.8 Å². The van der Waals surface area contributed by atoms with Crippen molar-refractivity contribution in [2.24, 2.45) is 11.8 Å². The van der Waals surface area contributed by atoms with Gasteiger partial charge in [0.25, 0.3) is 5.91 Å². The standard InChI is InChI=1S/C18H29N3O3S.ClH/c1-4-19-9-10-20-18(22)16-5-7-17(8-6-16)25(23,24)21-12-14(2)11-15(3)13-21;/h5-8,14-15,19H,4,9-13H2,1-3H3,(H,20,22);1H. The molecule has 0 radical (unpaired) electrons. The zero-order valence-electron chi connectivity index (χ0n) is 15.7. The first kappa shape index (κ1) is 22.9. The van der Waals surface area contributed by atoms with Crippen molar-refractivity contribution in [2.45, 2.75) is 32.1 Å². The summed E-state index contributed by atoms with van der Waals surface area (Å²) in [7, 11) is -3.50. The van der Waals surface area contributed by atoms with Crippen LogP contribution in [0.1, 0.15) is 37.6 Å². The van der Waals surface area contributed by atoms with Crippen LogP contribution in [0.2, 0.25) is 0 Å². The monoisotopic (exact) mass is 403 g/mol. The van der Waals surface area contributed by atoms with Gasteiger partial charge in [0, 0.05) is 31.7 Å². The van der Waals surface area contributed by atoms with Gasteiger partial charge in [-0.2, -0.15) is 4.31 Å². The van der Waals surface area contributed by atoms with Crippen LogP contribution in [0.4, 0.5) is 0 Å². The number of carbonyl (C=O) groups is 1. The van der Waals surface area contributed by atoms with Gasteiger partial charge < -0.3 is 10.6 Å². The first-order chi connectivity index (χ1) is 11.8. The molecule has 6 nitrogen and oxygen atoms in total. The van der Waals surface area contributed by atoms with Gasteiger partial charge >= 0.3 is 0 Å². The van der Waals surface area contributed by atoms with Crippen LogP contribution in [-0.2, 0) is 10.0 Å². The average Bonchev–Trinajstić information content (AvgIpc) is 2.58. The van der Waals surface area contributed by atoms with Gasteiger partial charge in [-0.1, -0.05) is 20.8 Å². The molecule has 0 bridgehead atoms. The second-order valence-electron chi connectivity index (χ2n) is 6.90. The van der Waals surface area contributed by atoms with E-state index in [0.29, 0.717) is 43.6 Å². The Morgan fingerprint density at radius 1 is 1.12 bits per heavy atom. The number of rotatable bonds is 7. The van der Waals surface area contributed by atoms with Crippen LogP contribution in [0, 0.1) is 11.8 Å². The molecule has 1 aromatic rings. The van der Waals surface area contributed by atoms with E-state index in [-0.39, 0.29) is 23.2 Å². The molecule has 2 rings (SSSR count). The number of hydrogen-bond acceptors (Lipinski definition) is 4.